The first-order valence-electron chi connectivity index (χ1n) is 8.73. The van der Waals surface area contributed by atoms with Crippen molar-refractivity contribution in [2.24, 2.45) is 5.92 Å². The van der Waals surface area contributed by atoms with E-state index in [-0.39, 0.29) is 17.9 Å². The summed E-state index contributed by atoms with van der Waals surface area (Å²) < 4.78 is 10.4. The van der Waals surface area contributed by atoms with Crippen molar-refractivity contribution in [1.29, 1.82) is 0 Å². The van der Waals surface area contributed by atoms with Gasteiger partial charge in [0.15, 0.2) is 0 Å². The van der Waals surface area contributed by atoms with Crippen LogP contribution in [0.1, 0.15) is 6.42 Å². The molecule has 0 bridgehead atoms. The van der Waals surface area contributed by atoms with Gasteiger partial charge < -0.3 is 25.0 Å². The Hall–Kier alpha value is -3.22. The molecule has 2 aromatic carbocycles. The molecule has 2 aromatic rings. The standard InChI is InChI=1S/C20H23N3O4/c1-26-16-8-9-17(18(11-16)27-2)22-20(25)21-12-14-10-19(24)23(13-14)15-6-4-3-5-7-15/h3-9,11,14H,10,12-13H2,1-2H3,(H2,21,22,25)/t14-/m0/s1. The number of hydrogen-bond acceptors (Lipinski definition) is 4. The average Bonchev–Trinajstić information content (AvgIpc) is 3.08. The molecule has 0 aromatic heterocycles. The second-order valence-electron chi connectivity index (χ2n) is 6.31. The SMILES string of the molecule is COc1ccc(NC(=O)NC[C@@H]2CC(=O)N(c3ccccc3)C2)c(OC)c1. The molecule has 1 heterocycles. The van der Waals surface area contributed by atoms with E-state index in [4.69, 9.17) is 9.47 Å². The molecule has 27 heavy (non-hydrogen) atoms. The van der Waals surface area contributed by atoms with Crippen molar-refractivity contribution in [3.8, 4) is 11.5 Å². The van der Waals surface area contributed by atoms with Crippen LogP contribution in [-0.4, -0.2) is 39.2 Å². The van der Waals surface area contributed by atoms with Crippen LogP contribution in [0.2, 0.25) is 0 Å². The van der Waals surface area contributed by atoms with Crippen molar-refractivity contribution >= 4 is 23.3 Å². The number of urea groups is 1. The van der Waals surface area contributed by atoms with Crippen molar-refractivity contribution in [2.75, 3.05) is 37.5 Å². The zero-order valence-electron chi connectivity index (χ0n) is 15.4. The van der Waals surface area contributed by atoms with Crippen molar-refractivity contribution < 1.29 is 19.1 Å². The molecular weight excluding hydrogens is 346 g/mol. The van der Waals surface area contributed by atoms with Gasteiger partial charge in [-0.05, 0) is 24.3 Å². The molecule has 1 atom stereocenters. The van der Waals surface area contributed by atoms with E-state index >= 15 is 0 Å². The summed E-state index contributed by atoms with van der Waals surface area (Å²) in [6, 6.07) is 14.4. The molecule has 2 N–H and O–H groups in total. The average molecular weight is 369 g/mol. The van der Waals surface area contributed by atoms with E-state index in [9.17, 15) is 9.59 Å². The summed E-state index contributed by atoms with van der Waals surface area (Å²) in [5.41, 5.74) is 1.43. The van der Waals surface area contributed by atoms with Crippen LogP contribution in [0.3, 0.4) is 0 Å². The minimum Gasteiger partial charge on any atom is -0.497 e. The number of benzene rings is 2. The highest BCUT2D eigenvalue weighted by molar-refractivity contribution is 5.96. The van der Waals surface area contributed by atoms with Gasteiger partial charge in [-0.3, -0.25) is 4.79 Å². The Balaban J connectivity index is 1.53. The highest BCUT2D eigenvalue weighted by Gasteiger charge is 2.30. The maximum Gasteiger partial charge on any atom is 0.319 e. The molecule has 3 amide bonds. The third kappa shape index (κ3) is 4.49. The Morgan fingerprint density at radius 1 is 1.15 bits per heavy atom. The molecule has 0 unspecified atom stereocenters. The van der Waals surface area contributed by atoms with Crippen LogP contribution in [0.5, 0.6) is 11.5 Å². The second-order valence-corrected chi connectivity index (χ2v) is 6.31. The van der Waals surface area contributed by atoms with E-state index < -0.39 is 0 Å². The van der Waals surface area contributed by atoms with Crippen molar-refractivity contribution in [3.63, 3.8) is 0 Å². The Morgan fingerprint density at radius 3 is 2.63 bits per heavy atom. The minimum atomic E-state index is -0.343. The van der Waals surface area contributed by atoms with Gasteiger partial charge in [0, 0.05) is 37.2 Å². The third-order valence-corrected chi connectivity index (χ3v) is 4.48. The molecule has 1 aliphatic rings. The molecule has 0 spiro atoms. The summed E-state index contributed by atoms with van der Waals surface area (Å²) in [5, 5.41) is 5.59. The summed E-state index contributed by atoms with van der Waals surface area (Å²) in [6.45, 7) is 1.01. The lowest BCUT2D eigenvalue weighted by Gasteiger charge is -2.17. The molecule has 7 heteroatoms. The topological polar surface area (TPSA) is 79.9 Å². The van der Waals surface area contributed by atoms with Crippen LogP contribution < -0.4 is 25.0 Å². The van der Waals surface area contributed by atoms with Gasteiger partial charge in [0.1, 0.15) is 11.5 Å². The fourth-order valence-corrected chi connectivity index (χ4v) is 3.08. The van der Waals surface area contributed by atoms with Crippen LogP contribution in [0.15, 0.2) is 48.5 Å². The molecule has 0 aliphatic carbocycles. The molecule has 3 rings (SSSR count). The summed E-state index contributed by atoms with van der Waals surface area (Å²) in [4.78, 5) is 26.2. The lowest BCUT2D eigenvalue weighted by molar-refractivity contribution is -0.117. The summed E-state index contributed by atoms with van der Waals surface area (Å²) in [7, 11) is 3.09. The van der Waals surface area contributed by atoms with Crippen LogP contribution in [-0.2, 0) is 4.79 Å². The van der Waals surface area contributed by atoms with Crippen LogP contribution >= 0.6 is 0 Å². The Bertz CT molecular complexity index is 810. The first kappa shape index (κ1) is 18.6. The van der Waals surface area contributed by atoms with E-state index in [2.05, 4.69) is 10.6 Å². The van der Waals surface area contributed by atoms with E-state index in [1.807, 2.05) is 30.3 Å². The van der Waals surface area contributed by atoms with Gasteiger partial charge >= 0.3 is 6.03 Å². The lowest BCUT2D eigenvalue weighted by atomic mass is 10.1. The van der Waals surface area contributed by atoms with Crippen LogP contribution in [0.4, 0.5) is 16.2 Å². The number of amides is 3. The highest BCUT2D eigenvalue weighted by Crippen LogP contribution is 2.29. The number of anilines is 2. The predicted molar refractivity (Wildman–Crippen MR) is 103 cm³/mol. The number of carbonyl (C=O) groups is 2. The number of nitrogens with zero attached hydrogens (tertiary/aromatic N) is 1. The Morgan fingerprint density at radius 2 is 1.93 bits per heavy atom. The van der Waals surface area contributed by atoms with Crippen molar-refractivity contribution in [2.45, 2.75) is 6.42 Å². The molecule has 1 fully saturated rings. The maximum atomic E-state index is 12.2. The van der Waals surface area contributed by atoms with Crippen LogP contribution in [0.25, 0.3) is 0 Å². The smallest absolute Gasteiger partial charge is 0.319 e. The van der Waals surface area contributed by atoms with E-state index in [0.717, 1.165) is 5.69 Å². The zero-order chi connectivity index (χ0) is 19.2. The largest absolute Gasteiger partial charge is 0.497 e. The first-order chi connectivity index (χ1) is 13.1. The number of rotatable bonds is 6. The molecule has 7 nitrogen and oxygen atoms in total. The molecule has 1 saturated heterocycles. The predicted octanol–water partition coefficient (Wildman–Crippen LogP) is 2.88. The number of carbonyl (C=O) groups excluding carboxylic acids is 2. The van der Waals surface area contributed by atoms with E-state index in [1.165, 1.54) is 7.11 Å². The molecule has 1 aliphatic heterocycles. The third-order valence-electron chi connectivity index (χ3n) is 4.48. The van der Waals surface area contributed by atoms with Gasteiger partial charge in [-0.15, -0.1) is 0 Å². The Labute approximate surface area is 158 Å². The van der Waals surface area contributed by atoms with Gasteiger partial charge in [0.05, 0.1) is 19.9 Å². The fraction of sp³-hybridized carbons (Fsp3) is 0.300. The number of nitrogens with one attached hydrogen (secondary N) is 2. The Kier molecular flexibility index (Phi) is 5.80. The number of ether oxygens (including phenoxy) is 2. The van der Waals surface area contributed by atoms with E-state index in [0.29, 0.717) is 36.7 Å². The second kappa shape index (κ2) is 8.44. The van der Waals surface area contributed by atoms with Gasteiger partial charge in [-0.2, -0.15) is 0 Å². The molecule has 0 saturated carbocycles. The summed E-state index contributed by atoms with van der Waals surface area (Å²) in [5.74, 6) is 1.30. The van der Waals surface area contributed by atoms with E-state index in [1.54, 1.807) is 30.2 Å². The minimum absolute atomic E-state index is 0.0706. The van der Waals surface area contributed by atoms with Crippen molar-refractivity contribution in [1.82, 2.24) is 5.32 Å². The highest BCUT2D eigenvalue weighted by atomic mass is 16.5. The number of para-hydroxylation sites is 1. The first-order valence-corrected chi connectivity index (χ1v) is 8.73. The van der Waals surface area contributed by atoms with Crippen LogP contribution in [0, 0.1) is 5.92 Å². The monoisotopic (exact) mass is 369 g/mol. The fourth-order valence-electron chi connectivity index (χ4n) is 3.08. The summed E-state index contributed by atoms with van der Waals surface area (Å²) in [6.07, 6.45) is 0.418. The lowest BCUT2D eigenvalue weighted by Crippen LogP contribution is -2.34. The maximum absolute atomic E-state index is 12.2. The van der Waals surface area contributed by atoms with Gasteiger partial charge in [-0.25, -0.2) is 4.79 Å². The molecule has 142 valence electrons. The zero-order valence-corrected chi connectivity index (χ0v) is 15.4. The summed E-state index contributed by atoms with van der Waals surface area (Å²) >= 11 is 0. The van der Waals surface area contributed by atoms with Crippen molar-refractivity contribution in [3.05, 3.63) is 48.5 Å². The van der Waals surface area contributed by atoms with Gasteiger partial charge in [-0.1, -0.05) is 18.2 Å². The number of methoxy groups -OCH3 is 2. The molecular formula is C20H23N3O4. The van der Waals surface area contributed by atoms with Gasteiger partial charge in [0.2, 0.25) is 5.91 Å². The number of hydrogen-bond donors (Lipinski definition) is 2. The van der Waals surface area contributed by atoms with Gasteiger partial charge in [0.25, 0.3) is 0 Å². The molecule has 0 radical (unpaired) electrons. The quantitative estimate of drug-likeness (QED) is 0.821. The normalized spacial score (nSPS) is 16.1.